The van der Waals surface area contributed by atoms with Crippen molar-refractivity contribution < 1.29 is 9.90 Å². The number of benzene rings is 1. The minimum Gasteiger partial charge on any atom is -0.508 e. The van der Waals surface area contributed by atoms with Gasteiger partial charge in [-0.15, -0.1) is 0 Å². The number of fused-ring (bicyclic) bond motifs is 1. The van der Waals surface area contributed by atoms with Gasteiger partial charge < -0.3 is 10.0 Å². The van der Waals surface area contributed by atoms with Gasteiger partial charge in [-0.1, -0.05) is 12.1 Å². The number of aromatic hydroxyl groups is 1. The summed E-state index contributed by atoms with van der Waals surface area (Å²) in [5.41, 5.74) is 3.06. The van der Waals surface area contributed by atoms with Crippen LogP contribution in [0.25, 0.3) is 0 Å². The molecule has 2 aliphatic rings. The van der Waals surface area contributed by atoms with E-state index in [1.54, 1.807) is 18.6 Å². The minimum absolute atomic E-state index is 0.105. The number of hydrogen-bond donors (Lipinski definition) is 1. The molecule has 1 N–H and O–H groups in total. The number of carbonyl (C=O) groups excluding carboxylic acids is 1. The van der Waals surface area contributed by atoms with E-state index in [1.807, 2.05) is 23.1 Å². The zero-order chi connectivity index (χ0) is 17.2. The van der Waals surface area contributed by atoms with Gasteiger partial charge in [-0.25, -0.2) is 9.97 Å². The monoisotopic (exact) mass is 337 g/mol. The van der Waals surface area contributed by atoms with Crippen LogP contribution in [-0.2, 0) is 11.2 Å². The summed E-state index contributed by atoms with van der Waals surface area (Å²) in [7, 11) is 0. The van der Waals surface area contributed by atoms with E-state index < -0.39 is 0 Å². The number of phenols is 1. The predicted molar refractivity (Wildman–Crippen MR) is 94.4 cm³/mol. The van der Waals surface area contributed by atoms with Crippen LogP contribution in [0, 0.1) is 0 Å². The molecular weight excluding hydrogens is 314 g/mol. The highest BCUT2D eigenvalue weighted by molar-refractivity contribution is 5.84. The highest BCUT2D eigenvalue weighted by Gasteiger charge is 2.33. The van der Waals surface area contributed by atoms with E-state index in [0.717, 1.165) is 62.0 Å². The highest BCUT2D eigenvalue weighted by Crippen LogP contribution is 2.38. The first-order valence-electron chi connectivity index (χ1n) is 9.09. The molecule has 1 aliphatic heterocycles. The number of nitrogens with zero attached hydrogens (tertiary/aromatic N) is 3. The topological polar surface area (TPSA) is 66.3 Å². The van der Waals surface area contributed by atoms with Crippen molar-refractivity contribution in [2.45, 2.75) is 43.9 Å². The van der Waals surface area contributed by atoms with Crippen molar-refractivity contribution in [2.75, 3.05) is 13.1 Å². The third kappa shape index (κ3) is 3.11. The first-order chi connectivity index (χ1) is 12.2. The fourth-order valence-corrected chi connectivity index (χ4v) is 4.24. The van der Waals surface area contributed by atoms with Crippen LogP contribution in [0.15, 0.2) is 36.8 Å². The van der Waals surface area contributed by atoms with Crippen molar-refractivity contribution in [3.8, 4) is 5.75 Å². The quantitative estimate of drug-likeness (QED) is 0.915. The lowest BCUT2D eigenvalue weighted by atomic mass is 9.81. The summed E-state index contributed by atoms with van der Waals surface area (Å²) in [6.07, 6.45) is 7.97. The molecule has 0 spiro atoms. The first kappa shape index (κ1) is 16.1. The number of likely N-dealkylation sites (tertiary alicyclic amines) is 1. The largest absolute Gasteiger partial charge is 0.508 e. The number of carbonyl (C=O) groups is 1. The van der Waals surface area contributed by atoms with Crippen molar-refractivity contribution in [3.05, 3.63) is 53.6 Å². The normalized spacial score (nSPS) is 21.0. The maximum Gasteiger partial charge on any atom is 0.230 e. The van der Waals surface area contributed by atoms with Crippen molar-refractivity contribution in [1.82, 2.24) is 14.9 Å². The van der Waals surface area contributed by atoms with Crippen LogP contribution >= 0.6 is 0 Å². The van der Waals surface area contributed by atoms with E-state index in [4.69, 9.17) is 0 Å². The second-order valence-corrected chi connectivity index (χ2v) is 7.02. The van der Waals surface area contributed by atoms with E-state index in [2.05, 4.69) is 9.97 Å². The Hall–Kier alpha value is -2.43. The molecule has 1 aliphatic carbocycles. The molecule has 1 fully saturated rings. The Balaban J connectivity index is 1.46. The molecule has 1 saturated heterocycles. The smallest absolute Gasteiger partial charge is 0.230 e. The molecule has 2 aromatic rings. The molecule has 2 heterocycles. The standard InChI is InChI=1S/C20H23N3O2/c24-19-6-2-3-15-16(19)4-1-5-17(15)20(25)23-11-8-14(9-12-23)18-7-10-21-13-22-18/h2-3,6-7,10,13-14,17,24H,1,4-5,8-9,11-12H2. The summed E-state index contributed by atoms with van der Waals surface area (Å²) < 4.78 is 0. The Bertz CT molecular complexity index is 755. The lowest BCUT2D eigenvalue weighted by Gasteiger charge is -2.35. The fraction of sp³-hybridized carbons (Fsp3) is 0.450. The van der Waals surface area contributed by atoms with Crippen LogP contribution in [0.4, 0.5) is 0 Å². The van der Waals surface area contributed by atoms with Gasteiger partial charge in [-0.3, -0.25) is 4.79 Å². The molecule has 1 aromatic carbocycles. The van der Waals surface area contributed by atoms with Crippen LogP contribution in [0.5, 0.6) is 5.75 Å². The number of phenolic OH excluding ortho intramolecular Hbond substituents is 1. The zero-order valence-electron chi connectivity index (χ0n) is 14.3. The van der Waals surface area contributed by atoms with Crippen LogP contribution < -0.4 is 0 Å². The van der Waals surface area contributed by atoms with Gasteiger partial charge >= 0.3 is 0 Å². The summed E-state index contributed by atoms with van der Waals surface area (Å²) in [5, 5.41) is 10.1. The molecule has 5 nitrogen and oxygen atoms in total. The van der Waals surface area contributed by atoms with Crippen molar-refractivity contribution in [1.29, 1.82) is 0 Å². The number of hydrogen-bond acceptors (Lipinski definition) is 4. The molecule has 130 valence electrons. The molecule has 5 heteroatoms. The lowest BCUT2D eigenvalue weighted by molar-refractivity contribution is -0.134. The molecule has 0 radical (unpaired) electrons. The van der Waals surface area contributed by atoms with E-state index in [0.29, 0.717) is 11.7 Å². The Labute approximate surface area is 147 Å². The predicted octanol–water partition coefficient (Wildman–Crippen LogP) is 3.01. The van der Waals surface area contributed by atoms with Crippen molar-refractivity contribution in [2.24, 2.45) is 0 Å². The molecule has 1 atom stereocenters. The Kier molecular flexibility index (Phi) is 4.38. The highest BCUT2D eigenvalue weighted by atomic mass is 16.3. The van der Waals surface area contributed by atoms with Crippen LogP contribution in [0.2, 0.25) is 0 Å². The Morgan fingerprint density at radius 2 is 2.00 bits per heavy atom. The summed E-state index contributed by atoms with van der Waals surface area (Å²) >= 11 is 0. The van der Waals surface area contributed by atoms with Gasteiger partial charge in [-0.05, 0) is 55.4 Å². The number of rotatable bonds is 2. The zero-order valence-corrected chi connectivity index (χ0v) is 14.3. The summed E-state index contributed by atoms with van der Waals surface area (Å²) in [6.45, 7) is 1.55. The third-order valence-electron chi connectivity index (χ3n) is 5.61. The third-order valence-corrected chi connectivity index (χ3v) is 5.61. The Morgan fingerprint density at radius 3 is 2.76 bits per heavy atom. The number of aromatic nitrogens is 2. The van der Waals surface area contributed by atoms with E-state index >= 15 is 0 Å². The van der Waals surface area contributed by atoms with Crippen LogP contribution in [-0.4, -0.2) is 39.0 Å². The minimum atomic E-state index is -0.105. The van der Waals surface area contributed by atoms with Gasteiger partial charge in [0.15, 0.2) is 0 Å². The SMILES string of the molecule is O=C(C1CCCc2c(O)cccc21)N1CCC(c2ccncn2)CC1. The second-order valence-electron chi connectivity index (χ2n) is 7.02. The molecule has 4 rings (SSSR count). The molecule has 0 saturated carbocycles. The van der Waals surface area contributed by atoms with Gasteiger partial charge in [0.05, 0.1) is 5.92 Å². The maximum absolute atomic E-state index is 13.1. The molecular formula is C20H23N3O2. The van der Waals surface area contributed by atoms with Crippen molar-refractivity contribution >= 4 is 5.91 Å². The van der Waals surface area contributed by atoms with E-state index in [1.165, 1.54) is 0 Å². The fourth-order valence-electron chi connectivity index (χ4n) is 4.24. The number of piperidine rings is 1. The number of amides is 1. The molecule has 1 unspecified atom stereocenters. The lowest BCUT2D eigenvalue weighted by Crippen LogP contribution is -2.41. The van der Waals surface area contributed by atoms with Gasteiger partial charge in [0.2, 0.25) is 5.91 Å². The average Bonchev–Trinajstić information content (AvgIpc) is 2.68. The first-order valence-corrected chi connectivity index (χ1v) is 9.09. The molecule has 25 heavy (non-hydrogen) atoms. The van der Waals surface area contributed by atoms with Crippen LogP contribution in [0.3, 0.4) is 0 Å². The van der Waals surface area contributed by atoms with Gasteiger partial charge in [-0.2, -0.15) is 0 Å². The van der Waals surface area contributed by atoms with Gasteiger partial charge in [0.1, 0.15) is 12.1 Å². The summed E-state index contributed by atoms with van der Waals surface area (Å²) in [4.78, 5) is 23.4. The molecule has 1 aromatic heterocycles. The Morgan fingerprint density at radius 1 is 1.16 bits per heavy atom. The summed E-state index contributed by atoms with van der Waals surface area (Å²) in [6, 6.07) is 7.55. The van der Waals surface area contributed by atoms with Gasteiger partial charge in [0.25, 0.3) is 0 Å². The van der Waals surface area contributed by atoms with Crippen LogP contribution in [0.1, 0.15) is 54.3 Å². The molecule has 0 bridgehead atoms. The van der Waals surface area contributed by atoms with Gasteiger partial charge in [0, 0.05) is 30.9 Å². The van der Waals surface area contributed by atoms with E-state index in [-0.39, 0.29) is 11.8 Å². The molecule has 1 amide bonds. The maximum atomic E-state index is 13.1. The second kappa shape index (κ2) is 6.82. The van der Waals surface area contributed by atoms with E-state index in [9.17, 15) is 9.90 Å². The average molecular weight is 337 g/mol. The van der Waals surface area contributed by atoms with Crippen molar-refractivity contribution in [3.63, 3.8) is 0 Å². The summed E-state index contributed by atoms with van der Waals surface area (Å²) in [5.74, 6) is 0.853.